The predicted octanol–water partition coefficient (Wildman–Crippen LogP) is -0.218. The van der Waals surface area contributed by atoms with Crippen LogP contribution < -0.4 is 5.32 Å². The number of nitrogens with zero attached hydrogens (tertiary/aromatic N) is 1. The average Bonchev–Trinajstić information content (AvgIpc) is 2.33. The van der Waals surface area contributed by atoms with E-state index in [2.05, 4.69) is 5.32 Å². The van der Waals surface area contributed by atoms with Gasteiger partial charge in [-0.15, -0.1) is 0 Å². The highest BCUT2D eigenvalue weighted by molar-refractivity contribution is 5.76. The van der Waals surface area contributed by atoms with Crippen LogP contribution in [0.5, 0.6) is 0 Å². The first-order chi connectivity index (χ1) is 5.75. The monoisotopic (exact) mass is 170 g/mol. The molecule has 4 heteroatoms. The van der Waals surface area contributed by atoms with Gasteiger partial charge in [-0.2, -0.15) is 0 Å². The Balaban J connectivity index is 1.76. The van der Waals surface area contributed by atoms with Crippen LogP contribution in [-0.2, 0) is 0 Å². The van der Waals surface area contributed by atoms with Crippen molar-refractivity contribution in [2.45, 2.75) is 18.9 Å². The van der Waals surface area contributed by atoms with E-state index in [0.717, 1.165) is 32.5 Å². The first kappa shape index (κ1) is 7.86. The summed E-state index contributed by atoms with van der Waals surface area (Å²) in [4.78, 5) is 12.9. The van der Waals surface area contributed by atoms with Gasteiger partial charge in [0.05, 0.1) is 6.10 Å². The molecule has 0 unspecified atom stereocenters. The van der Waals surface area contributed by atoms with Gasteiger partial charge < -0.3 is 15.3 Å². The van der Waals surface area contributed by atoms with Crippen LogP contribution in [0.25, 0.3) is 0 Å². The minimum Gasteiger partial charge on any atom is -0.393 e. The number of hydrogen-bond donors (Lipinski definition) is 2. The van der Waals surface area contributed by atoms with Crippen molar-refractivity contribution in [2.24, 2.45) is 5.92 Å². The van der Waals surface area contributed by atoms with E-state index in [1.165, 1.54) is 0 Å². The zero-order valence-corrected chi connectivity index (χ0v) is 6.99. The first-order valence-corrected chi connectivity index (χ1v) is 4.46. The Kier molecular flexibility index (Phi) is 1.92. The number of urea groups is 1. The van der Waals surface area contributed by atoms with Crippen LogP contribution in [0.15, 0.2) is 0 Å². The molecule has 0 aromatic carbocycles. The second-order valence-electron chi connectivity index (χ2n) is 3.67. The maximum Gasteiger partial charge on any atom is 0.317 e. The Bertz CT molecular complexity index is 189. The summed E-state index contributed by atoms with van der Waals surface area (Å²) in [7, 11) is 0. The molecule has 1 saturated heterocycles. The minimum absolute atomic E-state index is 0.0522. The van der Waals surface area contributed by atoms with Gasteiger partial charge in [0.25, 0.3) is 0 Å². The van der Waals surface area contributed by atoms with E-state index >= 15 is 0 Å². The molecule has 0 spiro atoms. The Labute approximate surface area is 71.5 Å². The van der Waals surface area contributed by atoms with E-state index in [1.54, 1.807) is 0 Å². The summed E-state index contributed by atoms with van der Waals surface area (Å²) in [6.07, 6.45) is 1.62. The van der Waals surface area contributed by atoms with E-state index in [0.29, 0.717) is 5.92 Å². The molecular formula is C8H14N2O2. The molecule has 0 radical (unpaired) electrons. The molecule has 0 aromatic rings. The molecule has 2 fully saturated rings. The normalized spacial score (nSPS) is 34.8. The van der Waals surface area contributed by atoms with Gasteiger partial charge in [0, 0.05) is 19.6 Å². The van der Waals surface area contributed by atoms with E-state index in [1.807, 2.05) is 4.90 Å². The maximum absolute atomic E-state index is 11.1. The second-order valence-corrected chi connectivity index (χ2v) is 3.67. The average molecular weight is 170 g/mol. The van der Waals surface area contributed by atoms with Gasteiger partial charge in [-0.25, -0.2) is 4.79 Å². The number of hydrogen-bond acceptors (Lipinski definition) is 2. The van der Waals surface area contributed by atoms with Crippen LogP contribution in [0.1, 0.15) is 12.8 Å². The second kappa shape index (κ2) is 2.94. The smallest absolute Gasteiger partial charge is 0.317 e. The van der Waals surface area contributed by atoms with E-state index in [9.17, 15) is 4.79 Å². The van der Waals surface area contributed by atoms with Crippen molar-refractivity contribution in [3.63, 3.8) is 0 Å². The molecule has 1 aliphatic heterocycles. The van der Waals surface area contributed by atoms with Gasteiger partial charge in [-0.3, -0.25) is 0 Å². The van der Waals surface area contributed by atoms with Crippen molar-refractivity contribution >= 4 is 6.03 Å². The Morgan fingerprint density at radius 1 is 1.58 bits per heavy atom. The number of carbonyl (C=O) groups excluding carboxylic acids is 1. The first-order valence-electron chi connectivity index (χ1n) is 4.46. The van der Waals surface area contributed by atoms with Crippen molar-refractivity contribution in [2.75, 3.05) is 19.6 Å². The topological polar surface area (TPSA) is 52.6 Å². The molecule has 0 bridgehead atoms. The Hall–Kier alpha value is -0.770. The summed E-state index contributed by atoms with van der Waals surface area (Å²) in [5.41, 5.74) is 0. The Morgan fingerprint density at radius 3 is 2.83 bits per heavy atom. The van der Waals surface area contributed by atoms with Crippen molar-refractivity contribution in [3.8, 4) is 0 Å². The van der Waals surface area contributed by atoms with Crippen molar-refractivity contribution in [3.05, 3.63) is 0 Å². The molecule has 2 rings (SSSR count). The highest BCUT2D eigenvalue weighted by Crippen LogP contribution is 2.28. The lowest BCUT2D eigenvalue weighted by atomic mass is 9.82. The molecule has 1 aliphatic carbocycles. The third kappa shape index (κ3) is 1.39. The SMILES string of the molecule is O=C1NCCN1CC1CC(O)C1. The summed E-state index contributed by atoms with van der Waals surface area (Å²) >= 11 is 0. The number of rotatable bonds is 2. The molecule has 2 aliphatic rings. The molecule has 0 aromatic heterocycles. The fourth-order valence-electron chi connectivity index (χ4n) is 1.85. The van der Waals surface area contributed by atoms with Gasteiger partial charge in [-0.1, -0.05) is 0 Å². The van der Waals surface area contributed by atoms with Crippen LogP contribution >= 0.6 is 0 Å². The van der Waals surface area contributed by atoms with Crippen molar-refractivity contribution < 1.29 is 9.90 Å². The fourth-order valence-corrected chi connectivity index (χ4v) is 1.85. The predicted molar refractivity (Wildman–Crippen MR) is 43.7 cm³/mol. The van der Waals surface area contributed by atoms with Gasteiger partial charge in [0.2, 0.25) is 0 Å². The molecule has 2 N–H and O–H groups in total. The number of amides is 2. The lowest BCUT2D eigenvalue weighted by Crippen LogP contribution is -2.40. The van der Waals surface area contributed by atoms with Gasteiger partial charge in [-0.05, 0) is 18.8 Å². The molecule has 12 heavy (non-hydrogen) atoms. The summed E-state index contributed by atoms with van der Waals surface area (Å²) in [6.45, 7) is 2.42. The number of aliphatic hydroxyl groups excluding tert-OH is 1. The van der Waals surface area contributed by atoms with Gasteiger partial charge in [0.15, 0.2) is 0 Å². The number of nitrogens with one attached hydrogen (secondary N) is 1. The highest BCUT2D eigenvalue weighted by Gasteiger charge is 2.31. The number of carbonyl (C=O) groups is 1. The maximum atomic E-state index is 11.1. The lowest BCUT2D eigenvalue weighted by molar-refractivity contribution is 0.0321. The van der Waals surface area contributed by atoms with Crippen LogP contribution in [0.3, 0.4) is 0 Å². The highest BCUT2D eigenvalue weighted by atomic mass is 16.3. The molecule has 4 nitrogen and oxygen atoms in total. The summed E-state index contributed by atoms with van der Waals surface area (Å²) in [6, 6.07) is 0.0522. The molecule has 68 valence electrons. The summed E-state index contributed by atoms with van der Waals surface area (Å²) < 4.78 is 0. The summed E-state index contributed by atoms with van der Waals surface area (Å²) in [5.74, 6) is 0.531. The van der Waals surface area contributed by atoms with Crippen LogP contribution in [0.4, 0.5) is 4.79 Å². The van der Waals surface area contributed by atoms with Crippen molar-refractivity contribution in [1.29, 1.82) is 0 Å². The van der Waals surface area contributed by atoms with E-state index < -0.39 is 0 Å². The molecule has 0 atom stereocenters. The molecule has 2 amide bonds. The van der Waals surface area contributed by atoms with Crippen LogP contribution in [-0.4, -0.2) is 41.8 Å². The quantitative estimate of drug-likeness (QED) is 0.602. The van der Waals surface area contributed by atoms with Crippen LogP contribution in [0.2, 0.25) is 0 Å². The fraction of sp³-hybridized carbons (Fsp3) is 0.875. The van der Waals surface area contributed by atoms with Crippen molar-refractivity contribution in [1.82, 2.24) is 10.2 Å². The standard InChI is InChI=1S/C8H14N2O2/c11-7-3-6(4-7)5-10-2-1-9-8(10)12/h6-7,11H,1-5H2,(H,9,12). The summed E-state index contributed by atoms with van der Waals surface area (Å²) in [5, 5.41) is 11.8. The molecular weight excluding hydrogens is 156 g/mol. The van der Waals surface area contributed by atoms with Gasteiger partial charge >= 0.3 is 6.03 Å². The van der Waals surface area contributed by atoms with Gasteiger partial charge in [0.1, 0.15) is 0 Å². The lowest BCUT2D eigenvalue weighted by Gasteiger charge is -2.33. The zero-order chi connectivity index (χ0) is 8.55. The van der Waals surface area contributed by atoms with E-state index in [4.69, 9.17) is 5.11 Å². The third-order valence-electron chi connectivity index (χ3n) is 2.63. The Morgan fingerprint density at radius 2 is 2.33 bits per heavy atom. The number of aliphatic hydroxyl groups is 1. The molecule has 1 saturated carbocycles. The zero-order valence-electron chi connectivity index (χ0n) is 6.99. The van der Waals surface area contributed by atoms with Crippen LogP contribution in [0, 0.1) is 5.92 Å². The molecule has 1 heterocycles. The largest absolute Gasteiger partial charge is 0.393 e. The van der Waals surface area contributed by atoms with E-state index in [-0.39, 0.29) is 12.1 Å². The minimum atomic E-state index is -0.110. The third-order valence-corrected chi connectivity index (χ3v) is 2.63.